The van der Waals surface area contributed by atoms with Gasteiger partial charge in [0.2, 0.25) is 0 Å². The second-order valence-electron chi connectivity index (χ2n) is 3.44. The minimum Gasteiger partial charge on any atom is -0.487 e. The molecule has 0 unspecified atom stereocenters. The highest BCUT2D eigenvalue weighted by atomic mass is 35.5. The van der Waals surface area contributed by atoms with E-state index in [4.69, 9.17) is 16.3 Å². The lowest BCUT2D eigenvalue weighted by Crippen LogP contribution is -2.02. The van der Waals surface area contributed by atoms with Crippen LogP contribution in [0.5, 0.6) is 5.75 Å². The first-order valence-electron chi connectivity index (χ1n) is 5.33. The van der Waals surface area contributed by atoms with Crippen molar-refractivity contribution in [3.05, 3.63) is 34.7 Å². The van der Waals surface area contributed by atoms with Crippen molar-refractivity contribution in [2.75, 3.05) is 11.9 Å². The first-order valence-corrected chi connectivity index (χ1v) is 6.48. The number of halogens is 2. The number of anilines is 1. The molecule has 0 saturated carbocycles. The predicted molar refractivity (Wildman–Crippen MR) is 69.8 cm³/mol. The number of hydrogen-bond acceptors (Lipinski definition) is 5. The van der Waals surface area contributed by atoms with Gasteiger partial charge >= 0.3 is 0 Å². The molecule has 4 nitrogen and oxygen atoms in total. The highest BCUT2D eigenvalue weighted by Gasteiger charge is 2.08. The summed E-state index contributed by atoms with van der Waals surface area (Å²) in [5.74, 6) is 0.0320. The molecule has 1 aromatic heterocycles. The lowest BCUT2D eigenvalue weighted by atomic mass is 10.3. The maximum absolute atomic E-state index is 13.0. The molecule has 1 heterocycles. The van der Waals surface area contributed by atoms with Crippen LogP contribution in [-0.4, -0.2) is 16.1 Å². The van der Waals surface area contributed by atoms with Crippen molar-refractivity contribution >= 4 is 28.1 Å². The number of hydrogen-bond donors (Lipinski definition) is 1. The molecule has 0 fully saturated rings. The van der Waals surface area contributed by atoms with Crippen LogP contribution in [0.4, 0.5) is 9.39 Å². The molecule has 1 N–H and O–H groups in total. The van der Waals surface area contributed by atoms with Gasteiger partial charge in [0.15, 0.2) is 0 Å². The lowest BCUT2D eigenvalue weighted by Gasteiger charge is -2.06. The summed E-state index contributed by atoms with van der Waals surface area (Å²) in [7, 11) is 0. The Bertz CT molecular complexity index is 535. The Labute approximate surface area is 113 Å². The van der Waals surface area contributed by atoms with E-state index in [1.807, 2.05) is 6.92 Å². The normalized spacial score (nSPS) is 10.4. The Morgan fingerprint density at radius 1 is 1.50 bits per heavy atom. The van der Waals surface area contributed by atoms with Crippen LogP contribution in [0.1, 0.15) is 12.6 Å². The maximum atomic E-state index is 13.0. The van der Waals surface area contributed by atoms with Crippen molar-refractivity contribution in [3.63, 3.8) is 0 Å². The van der Waals surface area contributed by atoms with Crippen LogP contribution in [0, 0.1) is 5.82 Å². The fourth-order valence-electron chi connectivity index (χ4n) is 1.32. The average molecular weight is 288 g/mol. The average Bonchev–Trinajstić information content (AvgIpc) is 2.79. The molecule has 0 amide bonds. The van der Waals surface area contributed by atoms with Crippen LogP contribution < -0.4 is 10.1 Å². The van der Waals surface area contributed by atoms with Crippen LogP contribution >= 0.6 is 23.1 Å². The summed E-state index contributed by atoms with van der Waals surface area (Å²) in [6.45, 7) is 3.05. The van der Waals surface area contributed by atoms with E-state index in [0.29, 0.717) is 5.75 Å². The molecule has 0 aliphatic heterocycles. The topological polar surface area (TPSA) is 47.0 Å². The number of ether oxygens (including phenoxy) is 1. The summed E-state index contributed by atoms with van der Waals surface area (Å²) in [6, 6.07) is 4.22. The van der Waals surface area contributed by atoms with Crippen LogP contribution in [0.15, 0.2) is 18.2 Å². The van der Waals surface area contributed by atoms with Gasteiger partial charge in [-0.15, -0.1) is 5.10 Å². The number of rotatable bonds is 5. The van der Waals surface area contributed by atoms with Gasteiger partial charge in [0, 0.05) is 24.1 Å². The largest absolute Gasteiger partial charge is 0.487 e. The Kier molecular flexibility index (Phi) is 4.33. The number of benzene rings is 1. The molecule has 96 valence electrons. The summed E-state index contributed by atoms with van der Waals surface area (Å²) < 4.78 is 22.3. The third kappa shape index (κ3) is 3.08. The third-order valence-electron chi connectivity index (χ3n) is 2.16. The van der Waals surface area contributed by atoms with Crippen molar-refractivity contribution < 1.29 is 9.13 Å². The third-order valence-corrected chi connectivity index (χ3v) is 3.18. The van der Waals surface area contributed by atoms with Gasteiger partial charge < -0.3 is 10.1 Å². The molecule has 2 aromatic rings. The molecule has 18 heavy (non-hydrogen) atoms. The molecule has 0 bridgehead atoms. The highest BCUT2D eigenvalue weighted by Crippen LogP contribution is 2.23. The Balaban J connectivity index is 2.02. The van der Waals surface area contributed by atoms with E-state index >= 15 is 0 Å². The second-order valence-corrected chi connectivity index (χ2v) is 4.60. The predicted octanol–water partition coefficient (Wildman–Crippen LogP) is 3.34. The molecule has 0 spiro atoms. The summed E-state index contributed by atoms with van der Waals surface area (Å²) in [4.78, 5) is 0. The number of nitrogens with one attached hydrogen (secondary N) is 1. The van der Waals surface area contributed by atoms with Crippen LogP contribution in [0.25, 0.3) is 0 Å². The van der Waals surface area contributed by atoms with Crippen molar-refractivity contribution in [2.45, 2.75) is 13.5 Å². The zero-order chi connectivity index (χ0) is 13.0. The molecule has 0 atom stereocenters. The molecule has 0 radical (unpaired) electrons. The summed E-state index contributed by atoms with van der Waals surface area (Å²) in [6.07, 6.45) is 0. The van der Waals surface area contributed by atoms with Gasteiger partial charge in [-0.1, -0.05) is 16.1 Å². The van der Waals surface area contributed by atoms with Gasteiger partial charge in [0.1, 0.15) is 28.9 Å². The monoisotopic (exact) mass is 287 g/mol. The van der Waals surface area contributed by atoms with Gasteiger partial charge in [-0.25, -0.2) is 4.39 Å². The lowest BCUT2D eigenvalue weighted by molar-refractivity contribution is 0.301. The van der Waals surface area contributed by atoms with E-state index in [-0.39, 0.29) is 11.6 Å². The molecule has 0 aliphatic carbocycles. The van der Waals surface area contributed by atoms with Crippen LogP contribution in [0.3, 0.4) is 0 Å². The molecule has 1 aromatic carbocycles. The van der Waals surface area contributed by atoms with Crippen LogP contribution in [0.2, 0.25) is 5.02 Å². The van der Waals surface area contributed by atoms with E-state index in [0.717, 1.165) is 17.2 Å². The van der Waals surface area contributed by atoms with Crippen molar-refractivity contribution in [1.29, 1.82) is 0 Å². The second kappa shape index (κ2) is 5.97. The molecular weight excluding hydrogens is 277 g/mol. The van der Waals surface area contributed by atoms with Gasteiger partial charge in [0.05, 0.1) is 5.02 Å². The molecule has 0 saturated heterocycles. The van der Waals surface area contributed by atoms with Crippen molar-refractivity contribution in [1.82, 2.24) is 9.59 Å². The SMILES string of the molecule is CCNc1snnc1COc1ccc(F)c(Cl)c1. The van der Waals surface area contributed by atoms with E-state index in [9.17, 15) is 4.39 Å². The van der Waals surface area contributed by atoms with Crippen LogP contribution in [-0.2, 0) is 6.61 Å². The van der Waals surface area contributed by atoms with E-state index in [1.54, 1.807) is 0 Å². The van der Waals surface area contributed by atoms with Crippen molar-refractivity contribution in [3.8, 4) is 5.75 Å². The minimum absolute atomic E-state index is 0.0378. The fourth-order valence-corrected chi connectivity index (χ4v) is 2.12. The van der Waals surface area contributed by atoms with Crippen molar-refractivity contribution in [2.24, 2.45) is 0 Å². The molecule has 2 rings (SSSR count). The minimum atomic E-state index is -0.465. The highest BCUT2D eigenvalue weighted by molar-refractivity contribution is 7.10. The Hall–Kier alpha value is -1.40. The molecular formula is C11H11ClFN3OS. The first kappa shape index (κ1) is 13.0. The van der Waals surface area contributed by atoms with E-state index in [1.165, 1.54) is 29.7 Å². The molecule has 7 heteroatoms. The number of aromatic nitrogens is 2. The van der Waals surface area contributed by atoms with Gasteiger partial charge in [-0.3, -0.25) is 0 Å². The fraction of sp³-hybridized carbons (Fsp3) is 0.273. The zero-order valence-electron chi connectivity index (χ0n) is 9.61. The summed E-state index contributed by atoms with van der Waals surface area (Å²) in [5.41, 5.74) is 0.724. The Morgan fingerprint density at radius 2 is 2.33 bits per heavy atom. The van der Waals surface area contributed by atoms with Gasteiger partial charge in [-0.2, -0.15) is 0 Å². The summed E-state index contributed by atoms with van der Waals surface area (Å²) >= 11 is 6.94. The molecule has 0 aliphatic rings. The zero-order valence-corrected chi connectivity index (χ0v) is 11.2. The van der Waals surface area contributed by atoms with Gasteiger partial charge in [0.25, 0.3) is 0 Å². The smallest absolute Gasteiger partial charge is 0.142 e. The standard InChI is InChI=1S/C11H11ClFN3OS/c1-2-14-11-10(15-16-18-11)6-17-7-3-4-9(13)8(12)5-7/h3-5,14H,2,6H2,1H3. The quantitative estimate of drug-likeness (QED) is 0.916. The first-order chi connectivity index (χ1) is 8.70. The van der Waals surface area contributed by atoms with E-state index in [2.05, 4.69) is 14.9 Å². The van der Waals surface area contributed by atoms with Gasteiger partial charge in [-0.05, 0) is 19.1 Å². The summed E-state index contributed by atoms with van der Waals surface area (Å²) in [5, 5.41) is 8.02. The maximum Gasteiger partial charge on any atom is 0.142 e. The Morgan fingerprint density at radius 3 is 3.06 bits per heavy atom. The van der Waals surface area contributed by atoms with E-state index < -0.39 is 5.82 Å². The number of nitrogens with zero attached hydrogens (tertiary/aromatic N) is 2.